The Hall–Kier alpha value is -2.25. The third-order valence-corrected chi connectivity index (χ3v) is 4.26. The van der Waals surface area contributed by atoms with Crippen LogP contribution >= 0.6 is 23.2 Å². The highest BCUT2D eigenvalue weighted by atomic mass is 35.5. The molecule has 0 bridgehead atoms. The fraction of sp³-hybridized carbons (Fsp3) is 0.450. The summed E-state index contributed by atoms with van der Waals surface area (Å²) in [5.74, 6) is 0.838. The van der Waals surface area contributed by atoms with Crippen molar-refractivity contribution in [2.75, 3.05) is 13.1 Å². The van der Waals surface area contributed by atoms with Gasteiger partial charge in [0.05, 0.1) is 12.4 Å². The fourth-order valence-corrected chi connectivity index (χ4v) is 2.70. The van der Waals surface area contributed by atoms with Crippen LogP contribution in [0.4, 0.5) is 4.79 Å². The van der Waals surface area contributed by atoms with Gasteiger partial charge in [0.2, 0.25) is 0 Å². The van der Waals surface area contributed by atoms with Crippen LogP contribution in [0.3, 0.4) is 0 Å². The Kier molecular flexibility index (Phi) is 8.34. The molecule has 1 amide bonds. The molecule has 9 heteroatoms. The number of pyridine rings is 2. The second kappa shape index (κ2) is 10.5. The molecule has 29 heavy (non-hydrogen) atoms. The van der Waals surface area contributed by atoms with Gasteiger partial charge in [0.1, 0.15) is 33.5 Å². The highest BCUT2D eigenvalue weighted by Gasteiger charge is 2.27. The topological polar surface area (TPSA) is 84.8 Å². The SMILES string of the molecule is CC(C)(C)OC(=O)N1CCC(Oc2ccc(Cl)nc2)CC1.Oc1ccc(Cl)nc1. The molecule has 2 aromatic heterocycles. The highest BCUT2D eigenvalue weighted by Crippen LogP contribution is 2.21. The number of hydrogen-bond acceptors (Lipinski definition) is 6. The van der Waals surface area contributed by atoms with Crippen LogP contribution in [0.2, 0.25) is 10.3 Å². The summed E-state index contributed by atoms with van der Waals surface area (Å²) in [5, 5.41) is 9.47. The number of hydrogen-bond donors (Lipinski definition) is 1. The molecule has 7 nitrogen and oxygen atoms in total. The monoisotopic (exact) mass is 441 g/mol. The number of likely N-dealkylation sites (tertiary alicyclic amines) is 1. The Morgan fingerprint density at radius 1 is 1.07 bits per heavy atom. The predicted molar refractivity (Wildman–Crippen MR) is 112 cm³/mol. The van der Waals surface area contributed by atoms with E-state index in [9.17, 15) is 4.79 Å². The maximum atomic E-state index is 12.0. The molecule has 0 radical (unpaired) electrons. The van der Waals surface area contributed by atoms with Gasteiger partial charge in [0.25, 0.3) is 0 Å². The first-order valence-corrected chi connectivity index (χ1v) is 9.94. The van der Waals surface area contributed by atoms with Gasteiger partial charge in [-0.25, -0.2) is 14.8 Å². The molecule has 0 spiro atoms. The van der Waals surface area contributed by atoms with Crippen molar-refractivity contribution in [3.8, 4) is 11.5 Å². The van der Waals surface area contributed by atoms with Crippen molar-refractivity contribution in [2.45, 2.75) is 45.3 Å². The number of carbonyl (C=O) groups is 1. The zero-order valence-corrected chi connectivity index (χ0v) is 18.2. The number of piperidine rings is 1. The van der Waals surface area contributed by atoms with Crippen molar-refractivity contribution in [1.82, 2.24) is 14.9 Å². The number of halogens is 2. The lowest BCUT2D eigenvalue weighted by atomic mass is 10.1. The average Bonchev–Trinajstić information content (AvgIpc) is 2.66. The number of nitrogens with zero attached hydrogens (tertiary/aromatic N) is 3. The Morgan fingerprint density at radius 3 is 2.10 bits per heavy atom. The van der Waals surface area contributed by atoms with E-state index in [1.165, 1.54) is 18.3 Å². The predicted octanol–water partition coefficient (Wildman–Crippen LogP) is 4.95. The zero-order valence-electron chi connectivity index (χ0n) is 16.6. The first-order valence-electron chi connectivity index (χ1n) is 9.19. The molecule has 0 unspecified atom stereocenters. The minimum Gasteiger partial charge on any atom is -0.506 e. The van der Waals surface area contributed by atoms with Crippen molar-refractivity contribution < 1.29 is 19.4 Å². The van der Waals surface area contributed by atoms with E-state index in [1.807, 2.05) is 20.8 Å². The van der Waals surface area contributed by atoms with Crippen LogP contribution in [-0.2, 0) is 4.74 Å². The zero-order chi connectivity index (χ0) is 21.4. The normalized spacial score (nSPS) is 14.6. The minimum atomic E-state index is -0.459. The lowest BCUT2D eigenvalue weighted by Crippen LogP contribution is -2.44. The number of rotatable bonds is 2. The van der Waals surface area contributed by atoms with Crippen molar-refractivity contribution in [1.29, 1.82) is 0 Å². The molecule has 2 aromatic rings. The van der Waals surface area contributed by atoms with E-state index in [0.717, 1.165) is 12.8 Å². The third-order valence-electron chi connectivity index (χ3n) is 3.81. The van der Waals surface area contributed by atoms with Crippen molar-refractivity contribution >= 4 is 29.3 Å². The average molecular weight is 442 g/mol. The Morgan fingerprint density at radius 2 is 1.66 bits per heavy atom. The van der Waals surface area contributed by atoms with Gasteiger partial charge >= 0.3 is 6.09 Å². The molecule has 0 aliphatic carbocycles. The lowest BCUT2D eigenvalue weighted by Gasteiger charge is -2.33. The van der Waals surface area contributed by atoms with Crippen molar-refractivity contribution in [3.05, 3.63) is 47.0 Å². The smallest absolute Gasteiger partial charge is 0.410 e. The molecule has 158 valence electrons. The summed E-state index contributed by atoms with van der Waals surface area (Å²) in [4.78, 5) is 21.3. The van der Waals surface area contributed by atoms with Crippen LogP contribution < -0.4 is 4.74 Å². The van der Waals surface area contributed by atoms with Gasteiger partial charge in [-0.15, -0.1) is 0 Å². The lowest BCUT2D eigenvalue weighted by molar-refractivity contribution is 0.0126. The first kappa shape index (κ1) is 23.0. The van der Waals surface area contributed by atoms with Gasteiger partial charge in [-0.05, 0) is 45.0 Å². The van der Waals surface area contributed by atoms with Gasteiger partial charge in [-0.3, -0.25) is 0 Å². The maximum absolute atomic E-state index is 12.0. The molecule has 3 heterocycles. The molecule has 1 saturated heterocycles. The molecule has 1 aliphatic heterocycles. The number of aromatic hydroxyl groups is 1. The summed E-state index contributed by atoms with van der Waals surface area (Å²) in [6.45, 7) is 6.89. The number of ether oxygens (including phenoxy) is 2. The van der Waals surface area contributed by atoms with E-state index in [4.69, 9.17) is 37.8 Å². The van der Waals surface area contributed by atoms with E-state index in [0.29, 0.717) is 29.1 Å². The molecule has 1 aliphatic rings. The molecule has 0 saturated carbocycles. The van der Waals surface area contributed by atoms with E-state index < -0.39 is 5.60 Å². The third kappa shape index (κ3) is 8.75. The van der Waals surface area contributed by atoms with Gasteiger partial charge in [-0.2, -0.15) is 0 Å². The van der Waals surface area contributed by atoms with Crippen LogP contribution in [0.5, 0.6) is 11.5 Å². The van der Waals surface area contributed by atoms with E-state index >= 15 is 0 Å². The molecule has 0 atom stereocenters. The van der Waals surface area contributed by atoms with Crippen LogP contribution in [0.25, 0.3) is 0 Å². The number of aromatic nitrogens is 2. The summed E-state index contributed by atoms with van der Waals surface area (Å²) in [7, 11) is 0. The number of carbonyl (C=O) groups excluding carboxylic acids is 1. The van der Waals surface area contributed by atoms with Crippen molar-refractivity contribution in [2.24, 2.45) is 0 Å². The number of amides is 1. The van der Waals surface area contributed by atoms with Crippen LogP contribution in [0.1, 0.15) is 33.6 Å². The first-order chi connectivity index (χ1) is 13.6. The Bertz CT molecular complexity index is 751. The summed E-state index contributed by atoms with van der Waals surface area (Å²) < 4.78 is 11.2. The summed E-state index contributed by atoms with van der Waals surface area (Å²) in [6, 6.07) is 6.51. The van der Waals surface area contributed by atoms with Gasteiger partial charge in [-0.1, -0.05) is 23.2 Å². The quantitative estimate of drug-likeness (QED) is 0.663. The van der Waals surface area contributed by atoms with Gasteiger partial charge in [0, 0.05) is 25.9 Å². The highest BCUT2D eigenvalue weighted by molar-refractivity contribution is 6.29. The molecular weight excluding hydrogens is 417 g/mol. The second-order valence-corrected chi connectivity index (χ2v) is 8.21. The largest absolute Gasteiger partial charge is 0.506 e. The van der Waals surface area contributed by atoms with E-state index in [-0.39, 0.29) is 17.9 Å². The van der Waals surface area contributed by atoms with Gasteiger partial charge < -0.3 is 19.5 Å². The Balaban J connectivity index is 0.000000313. The van der Waals surface area contributed by atoms with Crippen LogP contribution in [0.15, 0.2) is 36.7 Å². The van der Waals surface area contributed by atoms with Crippen LogP contribution in [0, 0.1) is 0 Å². The molecule has 1 N–H and O–H groups in total. The second-order valence-electron chi connectivity index (χ2n) is 7.44. The maximum Gasteiger partial charge on any atom is 0.410 e. The van der Waals surface area contributed by atoms with E-state index in [2.05, 4.69) is 9.97 Å². The fourth-order valence-electron chi connectivity index (χ4n) is 2.48. The minimum absolute atomic E-state index is 0.0895. The summed E-state index contributed by atoms with van der Waals surface area (Å²) in [6.07, 6.45) is 4.30. The molecule has 3 rings (SSSR count). The molecular formula is C20H25Cl2N3O4. The van der Waals surface area contributed by atoms with Crippen molar-refractivity contribution in [3.63, 3.8) is 0 Å². The molecule has 1 fully saturated rings. The Labute approximate surface area is 180 Å². The van der Waals surface area contributed by atoms with E-state index in [1.54, 1.807) is 23.2 Å². The summed E-state index contributed by atoms with van der Waals surface area (Å²) >= 11 is 11.1. The molecule has 0 aromatic carbocycles. The van der Waals surface area contributed by atoms with Gasteiger partial charge in [0.15, 0.2) is 0 Å². The van der Waals surface area contributed by atoms with Crippen LogP contribution in [-0.4, -0.2) is 50.9 Å². The summed E-state index contributed by atoms with van der Waals surface area (Å²) in [5.41, 5.74) is -0.459. The standard InChI is InChI=1S/C15H21ClN2O3.C5H4ClNO/c1-15(2,3)21-14(19)18-8-6-11(7-9-18)20-12-4-5-13(16)17-10-12;6-5-2-1-4(8)3-7-5/h4-5,10-11H,6-9H2,1-3H3;1-3,8H.